The van der Waals surface area contributed by atoms with Crippen LogP contribution in [0.2, 0.25) is 0 Å². The van der Waals surface area contributed by atoms with Crippen LogP contribution in [0.5, 0.6) is 0 Å². The van der Waals surface area contributed by atoms with Gasteiger partial charge in [-0.2, -0.15) is 0 Å². The van der Waals surface area contributed by atoms with Crippen LogP contribution in [0, 0.1) is 26.7 Å². The lowest BCUT2D eigenvalue weighted by atomic mass is 9.97. The molecule has 0 amide bonds. The van der Waals surface area contributed by atoms with E-state index in [9.17, 15) is 0 Å². The molecule has 0 bridgehead atoms. The number of hydrogen-bond acceptors (Lipinski definition) is 6. The van der Waals surface area contributed by atoms with Crippen LogP contribution in [0.3, 0.4) is 0 Å². The van der Waals surface area contributed by atoms with Crippen molar-refractivity contribution < 1.29 is 0 Å². The van der Waals surface area contributed by atoms with Crippen LogP contribution in [0.25, 0.3) is 0 Å². The zero-order valence-corrected chi connectivity index (χ0v) is 24.2. The monoisotopic (exact) mass is 538 g/mol. The van der Waals surface area contributed by atoms with E-state index >= 15 is 0 Å². The van der Waals surface area contributed by atoms with Crippen LogP contribution in [0.15, 0.2) is 110 Å². The molecule has 3 aromatic carbocycles. The quantitative estimate of drug-likeness (QED) is 0.0961. The molecule has 0 aliphatic rings. The molecule has 0 radical (unpaired) electrons. The molecule has 3 rings (SSSR count). The van der Waals surface area contributed by atoms with E-state index in [1.54, 1.807) is 0 Å². The molecule has 0 aromatic heterocycles. The Kier molecular flexibility index (Phi) is 13.6. The predicted octanol–water partition coefficient (Wildman–Crippen LogP) is 7.22. The smallest absolute Gasteiger partial charge is 0.0409 e. The number of benzene rings is 3. The Morgan fingerprint density at radius 2 is 0.750 bits per heavy atom. The summed E-state index contributed by atoms with van der Waals surface area (Å²) in [4.78, 5) is 0. The van der Waals surface area contributed by atoms with E-state index in [1.165, 1.54) is 16.7 Å². The molecule has 0 spiro atoms. The third-order valence-corrected chi connectivity index (χ3v) is 6.85. The molecule has 0 aliphatic heterocycles. The zero-order valence-electron chi connectivity index (χ0n) is 24.2. The number of para-hydroxylation sites is 3. The maximum atomic E-state index is 3.44. The van der Waals surface area contributed by atoms with Gasteiger partial charge in [0.1, 0.15) is 0 Å². The Morgan fingerprint density at radius 1 is 0.450 bits per heavy atom. The van der Waals surface area contributed by atoms with Gasteiger partial charge in [-0.1, -0.05) is 54.6 Å². The summed E-state index contributed by atoms with van der Waals surface area (Å²) in [6.45, 7) is 9.14. The standard InChI is InChI=1S/C34H46N6/c1-28-10-4-7-13-32(28)38-25-22-35-19-16-31(17-20-36-23-26-39-33-14-8-5-11-29(33)2)18-21-37-24-27-40-34-15-9-6-12-30(34)3/h4-15,22-27,31,35-40H,16-21H2,1-3H3/b25-22-,26-23-,27-24-. The Labute approximate surface area is 241 Å². The fourth-order valence-corrected chi connectivity index (χ4v) is 4.32. The lowest BCUT2D eigenvalue weighted by Gasteiger charge is -2.17. The highest BCUT2D eigenvalue weighted by Crippen LogP contribution is 2.15. The van der Waals surface area contributed by atoms with Gasteiger partial charge < -0.3 is 31.9 Å². The molecule has 212 valence electrons. The van der Waals surface area contributed by atoms with Crippen molar-refractivity contribution in [3.05, 3.63) is 127 Å². The van der Waals surface area contributed by atoms with Crippen LogP contribution in [0.1, 0.15) is 36.0 Å². The van der Waals surface area contributed by atoms with E-state index in [4.69, 9.17) is 0 Å². The van der Waals surface area contributed by atoms with Crippen molar-refractivity contribution >= 4 is 17.1 Å². The highest BCUT2D eigenvalue weighted by Gasteiger charge is 2.07. The predicted molar refractivity (Wildman–Crippen MR) is 173 cm³/mol. The Morgan fingerprint density at radius 3 is 1.05 bits per heavy atom. The Bertz CT molecular complexity index is 1070. The first-order chi connectivity index (χ1) is 19.6. The second-order valence-corrected chi connectivity index (χ2v) is 9.97. The summed E-state index contributed by atoms with van der Waals surface area (Å²) in [6.07, 6.45) is 15.2. The van der Waals surface area contributed by atoms with Gasteiger partial charge in [0.15, 0.2) is 0 Å². The average Bonchev–Trinajstić information content (AvgIpc) is 2.96. The Balaban J connectivity index is 1.39. The lowest BCUT2D eigenvalue weighted by molar-refractivity contribution is 0.411. The first-order valence-electron chi connectivity index (χ1n) is 14.2. The van der Waals surface area contributed by atoms with Gasteiger partial charge in [0, 0.05) is 73.9 Å². The van der Waals surface area contributed by atoms with Crippen molar-refractivity contribution in [1.29, 1.82) is 0 Å². The molecular formula is C34H46N6. The SMILES string of the molecule is Cc1ccccc1N/C=C\NCCC(CCN/C=C\Nc1ccccc1C)CCN/C=C\Nc1ccccc1C. The van der Waals surface area contributed by atoms with Gasteiger partial charge in [0.05, 0.1) is 0 Å². The number of nitrogens with one attached hydrogen (secondary N) is 6. The number of rotatable bonds is 18. The van der Waals surface area contributed by atoms with Crippen LogP contribution in [0.4, 0.5) is 17.1 Å². The first-order valence-corrected chi connectivity index (χ1v) is 14.2. The third kappa shape index (κ3) is 11.6. The van der Waals surface area contributed by atoms with Gasteiger partial charge in [0.2, 0.25) is 0 Å². The highest BCUT2D eigenvalue weighted by molar-refractivity contribution is 5.53. The molecule has 0 unspecified atom stereocenters. The molecule has 6 heteroatoms. The fraction of sp³-hybridized carbons (Fsp3) is 0.294. The number of anilines is 3. The maximum Gasteiger partial charge on any atom is 0.0409 e. The van der Waals surface area contributed by atoms with E-state index in [-0.39, 0.29) is 0 Å². The van der Waals surface area contributed by atoms with Crippen molar-refractivity contribution in [3.8, 4) is 0 Å². The summed E-state index contributed by atoms with van der Waals surface area (Å²) in [5.41, 5.74) is 7.09. The van der Waals surface area contributed by atoms with Gasteiger partial charge >= 0.3 is 0 Å². The molecule has 0 saturated heterocycles. The average molecular weight is 539 g/mol. The molecule has 0 saturated carbocycles. The largest absolute Gasteiger partial charge is 0.390 e. The Hall–Kier alpha value is -4.32. The van der Waals surface area contributed by atoms with Crippen LogP contribution in [-0.4, -0.2) is 19.6 Å². The van der Waals surface area contributed by atoms with E-state index in [2.05, 4.69) is 107 Å². The zero-order chi connectivity index (χ0) is 28.3. The first kappa shape index (κ1) is 30.2. The summed E-state index contributed by atoms with van der Waals surface area (Å²) in [5.74, 6) is 0.598. The maximum absolute atomic E-state index is 3.44. The summed E-state index contributed by atoms with van der Waals surface area (Å²) in [6, 6.07) is 24.9. The molecule has 0 fully saturated rings. The van der Waals surface area contributed by atoms with Gasteiger partial charge in [-0.05, 0) is 80.8 Å². The van der Waals surface area contributed by atoms with Crippen LogP contribution < -0.4 is 31.9 Å². The summed E-state index contributed by atoms with van der Waals surface area (Å²) in [7, 11) is 0. The van der Waals surface area contributed by atoms with Gasteiger partial charge in [-0.15, -0.1) is 0 Å². The van der Waals surface area contributed by atoms with E-state index in [0.717, 1.165) is 56.0 Å². The lowest BCUT2D eigenvalue weighted by Crippen LogP contribution is -2.21. The van der Waals surface area contributed by atoms with Crippen molar-refractivity contribution in [2.75, 3.05) is 35.6 Å². The van der Waals surface area contributed by atoms with Crippen molar-refractivity contribution in [3.63, 3.8) is 0 Å². The molecular weight excluding hydrogens is 492 g/mol. The summed E-state index contributed by atoms with van der Waals surface area (Å²) >= 11 is 0. The van der Waals surface area contributed by atoms with Gasteiger partial charge in [-0.3, -0.25) is 0 Å². The normalized spacial score (nSPS) is 11.4. The minimum atomic E-state index is 0.598. The van der Waals surface area contributed by atoms with Crippen molar-refractivity contribution in [2.24, 2.45) is 5.92 Å². The van der Waals surface area contributed by atoms with E-state index in [0.29, 0.717) is 5.92 Å². The van der Waals surface area contributed by atoms with Gasteiger partial charge in [0.25, 0.3) is 0 Å². The molecule has 40 heavy (non-hydrogen) atoms. The molecule has 0 atom stereocenters. The topological polar surface area (TPSA) is 72.2 Å². The highest BCUT2D eigenvalue weighted by atomic mass is 14.9. The van der Waals surface area contributed by atoms with Gasteiger partial charge in [-0.25, -0.2) is 0 Å². The van der Waals surface area contributed by atoms with Crippen molar-refractivity contribution in [1.82, 2.24) is 16.0 Å². The molecule has 0 heterocycles. The fourth-order valence-electron chi connectivity index (χ4n) is 4.32. The molecule has 6 N–H and O–H groups in total. The van der Waals surface area contributed by atoms with Crippen LogP contribution in [-0.2, 0) is 0 Å². The minimum absolute atomic E-state index is 0.598. The van der Waals surface area contributed by atoms with Crippen molar-refractivity contribution in [2.45, 2.75) is 40.0 Å². The number of hydrogen-bond donors (Lipinski definition) is 6. The van der Waals surface area contributed by atoms with E-state index < -0.39 is 0 Å². The second-order valence-electron chi connectivity index (χ2n) is 9.97. The molecule has 6 nitrogen and oxygen atoms in total. The van der Waals surface area contributed by atoms with Crippen LogP contribution >= 0.6 is 0 Å². The third-order valence-electron chi connectivity index (χ3n) is 6.85. The summed E-state index contributed by atoms with van der Waals surface area (Å²) < 4.78 is 0. The number of aryl methyl sites for hydroxylation is 3. The molecule has 3 aromatic rings. The van der Waals surface area contributed by atoms with E-state index in [1.807, 2.05) is 55.4 Å². The second kappa shape index (κ2) is 18.1. The summed E-state index contributed by atoms with van der Waals surface area (Å²) in [5, 5.41) is 20.4. The molecule has 0 aliphatic carbocycles. The minimum Gasteiger partial charge on any atom is -0.390 e.